The normalized spacial score (nSPS) is 10.3. The molecule has 0 amide bonds. The van der Waals surface area contributed by atoms with Gasteiger partial charge in [-0.2, -0.15) is 0 Å². The number of nitrogens with two attached hydrogens (primary N) is 1. The summed E-state index contributed by atoms with van der Waals surface area (Å²) in [5.41, 5.74) is 8.62. The molecule has 104 valence electrons. The fourth-order valence-electron chi connectivity index (χ4n) is 1.86. The van der Waals surface area contributed by atoms with Crippen molar-refractivity contribution in [2.75, 3.05) is 7.11 Å². The van der Waals surface area contributed by atoms with Crippen LogP contribution in [0.2, 0.25) is 0 Å². The summed E-state index contributed by atoms with van der Waals surface area (Å²) in [7, 11) is 1.59. The van der Waals surface area contributed by atoms with Crippen LogP contribution in [0.4, 0.5) is 0 Å². The number of rotatable bonds is 5. The zero-order valence-electron chi connectivity index (χ0n) is 11.6. The fraction of sp³-hybridized carbons (Fsp3) is 0.188. The lowest BCUT2D eigenvalue weighted by Crippen LogP contribution is -2.12. The summed E-state index contributed by atoms with van der Waals surface area (Å²) in [5.74, 6) is 1.51. The molecule has 0 aliphatic heterocycles. The number of hydrogen-bond acceptors (Lipinski definition) is 3. The smallest absolute Gasteiger partial charge is 0.129 e. The molecule has 0 spiro atoms. The molecule has 2 aromatic rings. The molecule has 0 aliphatic carbocycles. The molecule has 0 fully saturated rings. The number of benzene rings is 2. The maximum atomic E-state index is 7.59. The molecule has 0 saturated carbocycles. The van der Waals surface area contributed by atoms with E-state index in [1.807, 2.05) is 18.2 Å². The average molecular weight is 286 g/mol. The van der Waals surface area contributed by atoms with Gasteiger partial charge in [0, 0.05) is 10.6 Å². The van der Waals surface area contributed by atoms with E-state index in [9.17, 15) is 0 Å². The van der Waals surface area contributed by atoms with Crippen LogP contribution in [0.1, 0.15) is 16.7 Å². The van der Waals surface area contributed by atoms with E-state index in [-0.39, 0.29) is 5.84 Å². The summed E-state index contributed by atoms with van der Waals surface area (Å²) in [4.78, 5) is 1.23. The summed E-state index contributed by atoms with van der Waals surface area (Å²) >= 11 is 1.76. The van der Waals surface area contributed by atoms with E-state index in [1.54, 1.807) is 18.9 Å². The Kier molecular flexibility index (Phi) is 4.69. The summed E-state index contributed by atoms with van der Waals surface area (Å²) < 4.78 is 5.21. The first-order chi connectivity index (χ1) is 9.60. The number of methoxy groups -OCH3 is 1. The van der Waals surface area contributed by atoms with Gasteiger partial charge < -0.3 is 10.5 Å². The predicted molar refractivity (Wildman–Crippen MR) is 84.8 cm³/mol. The summed E-state index contributed by atoms with van der Waals surface area (Å²) in [6.07, 6.45) is 0. The highest BCUT2D eigenvalue weighted by atomic mass is 32.2. The molecule has 3 N–H and O–H groups in total. The molecule has 0 bridgehead atoms. The van der Waals surface area contributed by atoms with Gasteiger partial charge >= 0.3 is 0 Å². The van der Waals surface area contributed by atoms with Gasteiger partial charge in [-0.05, 0) is 36.8 Å². The molecule has 2 aromatic carbocycles. The molecule has 4 heteroatoms. The number of hydrogen-bond donors (Lipinski definition) is 2. The monoisotopic (exact) mass is 286 g/mol. The molecule has 0 atom stereocenters. The van der Waals surface area contributed by atoms with Crippen LogP contribution in [0.5, 0.6) is 5.75 Å². The Labute approximate surface area is 123 Å². The quantitative estimate of drug-likeness (QED) is 0.502. The minimum absolute atomic E-state index is 0.0315. The molecule has 0 heterocycles. The van der Waals surface area contributed by atoms with Crippen molar-refractivity contribution in [2.24, 2.45) is 5.73 Å². The Morgan fingerprint density at radius 1 is 1.20 bits per heavy atom. The molecule has 2 rings (SSSR count). The summed E-state index contributed by atoms with van der Waals surface area (Å²) in [6.45, 7) is 2.08. The molecule has 3 nitrogen and oxygen atoms in total. The molecule has 0 aliphatic rings. The van der Waals surface area contributed by atoms with E-state index in [4.69, 9.17) is 15.9 Å². The third-order valence-electron chi connectivity index (χ3n) is 2.98. The third-order valence-corrected chi connectivity index (χ3v) is 4.06. The van der Waals surface area contributed by atoms with Crippen LogP contribution in [-0.2, 0) is 5.75 Å². The highest BCUT2D eigenvalue weighted by Crippen LogP contribution is 2.26. The SMILES string of the molecule is COc1ccc(CSc2ccc(C)cc2)cc1C(=N)N. The van der Waals surface area contributed by atoms with Gasteiger partial charge in [-0.25, -0.2) is 0 Å². The lowest BCUT2D eigenvalue weighted by molar-refractivity contribution is 0.413. The van der Waals surface area contributed by atoms with Gasteiger partial charge in [0.25, 0.3) is 0 Å². The highest BCUT2D eigenvalue weighted by Gasteiger charge is 2.07. The van der Waals surface area contributed by atoms with E-state index in [0.717, 1.165) is 11.3 Å². The van der Waals surface area contributed by atoms with E-state index < -0.39 is 0 Å². The molecule has 0 aromatic heterocycles. The maximum absolute atomic E-state index is 7.59. The Balaban J connectivity index is 2.11. The number of nitrogen functional groups attached to an aromatic ring is 1. The van der Waals surface area contributed by atoms with Crippen molar-refractivity contribution in [3.8, 4) is 5.75 Å². The Hall–Kier alpha value is -1.94. The van der Waals surface area contributed by atoms with Crippen LogP contribution in [-0.4, -0.2) is 12.9 Å². The Bertz CT molecular complexity index is 608. The number of aryl methyl sites for hydroxylation is 1. The summed E-state index contributed by atoms with van der Waals surface area (Å²) in [5, 5.41) is 7.59. The number of amidine groups is 1. The van der Waals surface area contributed by atoms with Gasteiger partial charge in [0.15, 0.2) is 0 Å². The first-order valence-electron chi connectivity index (χ1n) is 6.31. The zero-order valence-corrected chi connectivity index (χ0v) is 12.5. The fourth-order valence-corrected chi connectivity index (χ4v) is 2.70. The first-order valence-corrected chi connectivity index (χ1v) is 7.29. The van der Waals surface area contributed by atoms with Crippen molar-refractivity contribution < 1.29 is 4.74 Å². The Morgan fingerprint density at radius 2 is 1.90 bits per heavy atom. The van der Waals surface area contributed by atoms with E-state index in [1.165, 1.54) is 10.5 Å². The molecular weight excluding hydrogens is 268 g/mol. The molecule has 20 heavy (non-hydrogen) atoms. The molecular formula is C16H18N2OS. The predicted octanol–water partition coefficient (Wildman–Crippen LogP) is 3.58. The number of ether oxygens (including phenoxy) is 1. The van der Waals surface area contributed by atoms with Crippen molar-refractivity contribution in [3.05, 3.63) is 59.2 Å². The minimum Gasteiger partial charge on any atom is -0.496 e. The second-order valence-corrected chi connectivity index (χ2v) is 5.60. The van der Waals surface area contributed by atoms with Crippen molar-refractivity contribution in [1.29, 1.82) is 5.41 Å². The van der Waals surface area contributed by atoms with Crippen molar-refractivity contribution in [3.63, 3.8) is 0 Å². The van der Waals surface area contributed by atoms with Crippen LogP contribution in [0, 0.1) is 12.3 Å². The summed E-state index contributed by atoms with van der Waals surface area (Å²) in [6, 6.07) is 14.2. The molecule has 0 saturated heterocycles. The zero-order chi connectivity index (χ0) is 14.5. The minimum atomic E-state index is 0.0315. The van der Waals surface area contributed by atoms with Gasteiger partial charge in [-0.3, -0.25) is 5.41 Å². The van der Waals surface area contributed by atoms with Crippen LogP contribution < -0.4 is 10.5 Å². The topological polar surface area (TPSA) is 59.1 Å². The van der Waals surface area contributed by atoms with Gasteiger partial charge in [-0.1, -0.05) is 23.8 Å². The average Bonchev–Trinajstić information content (AvgIpc) is 2.46. The van der Waals surface area contributed by atoms with Crippen LogP contribution >= 0.6 is 11.8 Å². The van der Waals surface area contributed by atoms with Gasteiger partial charge in [0.1, 0.15) is 11.6 Å². The molecule has 0 radical (unpaired) electrons. The van der Waals surface area contributed by atoms with Crippen molar-refractivity contribution in [2.45, 2.75) is 17.6 Å². The van der Waals surface area contributed by atoms with Crippen molar-refractivity contribution >= 4 is 17.6 Å². The van der Waals surface area contributed by atoms with E-state index in [0.29, 0.717) is 11.3 Å². The second-order valence-electron chi connectivity index (χ2n) is 4.55. The number of nitrogens with one attached hydrogen (secondary N) is 1. The first kappa shape index (κ1) is 14.5. The highest BCUT2D eigenvalue weighted by molar-refractivity contribution is 7.98. The van der Waals surface area contributed by atoms with E-state index in [2.05, 4.69) is 31.2 Å². The van der Waals surface area contributed by atoms with E-state index >= 15 is 0 Å². The lowest BCUT2D eigenvalue weighted by atomic mass is 10.1. The van der Waals surface area contributed by atoms with Crippen LogP contribution in [0.15, 0.2) is 47.4 Å². The largest absolute Gasteiger partial charge is 0.496 e. The van der Waals surface area contributed by atoms with Gasteiger partial charge in [0.2, 0.25) is 0 Å². The lowest BCUT2D eigenvalue weighted by Gasteiger charge is -2.09. The maximum Gasteiger partial charge on any atom is 0.129 e. The molecule has 0 unspecified atom stereocenters. The standard InChI is InChI=1S/C16H18N2OS/c1-11-3-6-13(7-4-11)20-10-12-5-8-15(19-2)14(9-12)16(17)18/h3-9H,10H2,1-2H3,(H3,17,18). The van der Waals surface area contributed by atoms with Crippen molar-refractivity contribution in [1.82, 2.24) is 0 Å². The van der Waals surface area contributed by atoms with Gasteiger partial charge in [0.05, 0.1) is 12.7 Å². The number of thioether (sulfide) groups is 1. The van der Waals surface area contributed by atoms with Gasteiger partial charge in [-0.15, -0.1) is 11.8 Å². The van der Waals surface area contributed by atoms with Crippen LogP contribution in [0.25, 0.3) is 0 Å². The Morgan fingerprint density at radius 3 is 2.50 bits per heavy atom. The third kappa shape index (κ3) is 3.54. The van der Waals surface area contributed by atoms with Crippen LogP contribution in [0.3, 0.4) is 0 Å². The second kappa shape index (κ2) is 6.48.